The molecule has 5 nitrogen and oxygen atoms in total. The van der Waals surface area contributed by atoms with Crippen LogP contribution in [0.3, 0.4) is 0 Å². The van der Waals surface area contributed by atoms with Crippen LogP contribution in [-0.2, 0) is 7.05 Å². The van der Waals surface area contributed by atoms with Gasteiger partial charge in [-0.15, -0.1) is 0 Å². The van der Waals surface area contributed by atoms with Gasteiger partial charge in [-0.3, -0.25) is 0 Å². The van der Waals surface area contributed by atoms with E-state index in [4.69, 9.17) is 5.73 Å². The van der Waals surface area contributed by atoms with Gasteiger partial charge in [-0.1, -0.05) is 6.07 Å². The molecule has 0 unspecified atom stereocenters. The fourth-order valence-electron chi connectivity index (χ4n) is 2.32. The predicted octanol–water partition coefficient (Wildman–Crippen LogP) is 2.40. The van der Waals surface area contributed by atoms with Gasteiger partial charge in [-0.05, 0) is 30.7 Å². The molecule has 2 heterocycles. The first kappa shape index (κ1) is 12.2. The standard InChI is InChI=1S/C15H13N5/c1-9-19-13-7-10(3-4-14(13)20(9)2)11-5-6-18-15(17)12(11)8-16/h3-7H,1-2H3,(H2,17,18). The SMILES string of the molecule is Cc1nc2cc(-c3ccnc(N)c3C#N)ccc2n1C. The monoisotopic (exact) mass is 263 g/mol. The Bertz CT molecular complexity index is 855. The van der Waals surface area contributed by atoms with Gasteiger partial charge >= 0.3 is 0 Å². The van der Waals surface area contributed by atoms with Crippen LogP contribution in [-0.4, -0.2) is 14.5 Å². The van der Waals surface area contributed by atoms with E-state index in [1.165, 1.54) is 0 Å². The summed E-state index contributed by atoms with van der Waals surface area (Å²) in [4.78, 5) is 8.46. The van der Waals surface area contributed by atoms with Gasteiger partial charge in [0.15, 0.2) is 0 Å². The van der Waals surface area contributed by atoms with Gasteiger partial charge in [-0.25, -0.2) is 9.97 Å². The number of aromatic nitrogens is 3. The minimum absolute atomic E-state index is 0.252. The average molecular weight is 263 g/mol. The summed E-state index contributed by atoms with van der Waals surface area (Å²) >= 11 is 0. The highest BCUT2D eigenvalue weighted by atomic mass is 15.0. The minimum Gasteiger partial charge on any atom is -0.383 e. The van der Waals surface area contributed by atoms with Crippen molar-refractivity contribution in [2.45, 2.75) is 6.92 Å². The van der Waals surface area contributed by atoms with Crippen molar-refractivity contribution in [1.29, 1.82) is 5.26 Å². The molecule has 0 saturated heterocycles. The maximum atomic E-state index is 9.23. The van der Waals surface area contributed by atoms with E-state index in [0.717, 1.165) is 28.0 Å². The lowest BCUT2D eigenvalue weighted by molar-refractivity contribution is 0.886. The Balaban J connectivity index is 2.26. The highest BCUT2D eigenvalue weighted by Crippen LogP contribution is 2.28. The van der Waals surface area contributed by atoms with Crippen molar-refractivity contribution in [3.05, 3.63) is 41.9 Å². The number of hydrogen-bond acceptors (Lipinski definition) is 4. The Morgan fingerprint density at radius 1 is 1.30 bits per heavy atom. The van der Waals surface area contributed by atoms with Gasteiger partial charge < -0.3 is 10.3 Å². The number of nitrogen functional groups attached to an aromatic ring is 1. The lowest BCUT2D eigenvalue weighted by Crippen LogP contribution is -1.96. The normalized spacial score (nSPS) is 10.7. The van der Waals surface area contributed by atoms with Crippen molar-refractivity contribution < 1.29 is 0 Å². The van der Waals surface area contributed by atoms with Crippen LogP contribution in [0.2, 0.25) is 0 Å². The van der Waals surface area contributed by atoms with E-state index in [1.807, 2.05) is 36.7 Å². The van der Waals surface area contributed by atoms with Crippen LogP contribution in [0.5, 0.6) is 0 Å². The van der Waals surface area contributed by atoms with Crippen LogP contribution >= 0.6 is 0 Å². The fraction of sp³-hybridized carbons (Fsp3) is 0.133. The molecule has 1 aromatic carbocycles. The molecule has 0 bridgehead atoms. The molecule has 98 valence electrons. The van der Waals surface area contributed by atoms with E-state index in [-0.39, 0.29) is 5.82 Å². The zero-order valence-electron chi connectivity index (χ0n) is 11.3. The van der Waals surface area contributed by atoms with Crippen molar-refractivity contribution in [1.82, 2.24) is 14.5 Å². The summed E-state index contributed by atoms with van der Waals surface area (Å²) in [6.45, 7) is 1.96. The third-order valence-electron chi connectivity index (χ3n) is 3.51. The van der Waals surface area contributed by atoms with Crippen LogP contribution in [0.25, 0.3) is 22.2 Å². The molecule has 0 aliphatic rings. The summed E-state index contributed by atoms with van der Waals surface area (Å²) < 4.78 is 2.03. The molecule has 3 rings (SSSR count). The molecule has 0 fully saturated rings. The molecule has 0 atom stereocenters. The van der Waals surface area contributed by atoms with Crippen LogP contribution < -0.4 is 5.73 Å². The number of imidazole rings is 1. The number of aryl methyl sites for hydroxylation is 2. The van der Waals surface area contributed by atoms with Gasteiger partial charge in [-0.2, -0.15) is 5.26 Å². The van der Waals surface area contributed by atoms with E-state index in [0.29, 0.717) is 5.56 Å². The molecule has 20 heavy (non-hydrogen) atoms. The van der Waals surface area contributed by atoms with E-state index < -0.39 is 0 Å². The van der Waals surface area contributed by atoms with Crippen LogP contribution in [0.1, 0.15) is 11.4 Å². The van der Waals surface area contributed by atoms with Gasteiger partial charge in [0.1, 0.15) is 23.3 Å². The largest absolute Gasteiger partial charge is 0.383 e. The molecular weight excluding hydrogens is 250 g/mol. The van der Waals surface area contributed by atoms with E-state index in [2.05, 4.69) is 16.0 Å². The topological polar surface area (TPSA) is 80.5 Å². The molecule has 0 radical (unpaired) electrons. The second-order valence-electron chi connectivity index (χ2n) is 4.65. The molecule has 2 N–H and O–H groups in total. The third kappa shape index (κ3) is 1.70. The molecule has 2 aromatic heterocycles. The maximum Gasteiger partial charge on any atom is 0.141 e. The number of benzene rings is 1. The quantitative estimate of drug-likeness (QED) is 0.731. The summed E-state index contributed by atoms with van der Waals surface area (Å²) in [6.07, 6.45) is 1.61. The molecule has 0 aliphatic carbocycles. The summed E-state index contributed by atoms with van der Waals surface area (Å²) in [6, 6.07) is 9.86. The van der Waals surface area contributed by atoms with Crippen molar-refractivity contribution in [2.24, 2.45) is 7.05 Å². The van der Waals surface area contributed by atoms with Gasteiger partial charge in [0.05, 0.1) is 11.0 Å². The molecule has 3 aromatic rings. The Hall–Kier alpha value is -2.87. The first-order chi connectivity index (χ1) is 9.61. The number of anilines is 1. The van der Waals surface area contributed by atoms with Gasteiger partial charge in [0.2, 0.25) is 0 Å². The average Bonchev–Trinajstić information content (AvgIpc) is 2.73. The minimum atomic E-state index is 0.252. The second-order valence-corrected chi connectivity index (χ2v) is 4.65. The fourth-order valence-corrected chi connectivity index (χ4v) is 2.32. The number of nitrogens with zero attached hydrogens (tertiary/aromatic N) is 4. The lowest BCUT2D eigenvalue weighted by Gasteiger charge is -2.06. The first-order valence-corrected chi connectivity index (χ1v) is 6.20. The van der Waals surface area contributed by atoms with Crippen molar-refractivity contribution >= 4 is 16.9 Å². The number of pyridine rings is 1. The Morgan fingerprint density at radius 3 is 2.85 bits per heavy atom. The van der Waals surface area contributed by atoms with E-state index in [1.54, 1.807) is 12.3 Å². The maximum absolute atomic E-state index is 9.23. The highest BCUT2D eigenvalue weighted by Gasteiger charge is 2.11. The molecule has 0 amide bonds. The molecule has 0 aliphatic heterocycles. The first-order valence-electron chi connectivity index (χ1n) is 6.20. The van der Waals surface area contributed by atoms with Crippen molar-refractivity contribution in [2.75, 3.05) is 5.73 Å². The molecule has 5 heteroatoms. The second kappa shape index (κ2) is 4.35. The zero-order valence-corrected chi connectivity index (χ0v) is 11.3. The predicted molar refractivity (Wildman–Crippen MR) is 77.8 cm³/mol. The Labute approximate surface area is 116 Å². The van der Waals surface area contributed by atoms with Crippen LogP contribution in [0.15, 0.2) is 30.5 Å². The summed E-state index contributed by atoms with van der Waals surface area (Å²) in [5.74, 6) is 1.20. The van der Waals surface area contributed by atoms with Crippen molar-refractivity contribution in [3.8, 4) is 17.2 Å². The van der Waals surface area contributed by atoms with E-state index >= 15 is 0 Å². The molecular formula is C15H13N5. The van der Waals surface area contributed by atoms with Crippen LogP contribution in [0, 0.1) is 18.3 Å². The van der Waals surface area contributed by atoms with Gasteiger partial charge in [0, 0.05) is 18.8 Å². The zero-order chi connectivity index (χ0) is 14.3. The van der Waals surface area contributed by atoms with Gasteiger partial charge in [0.25, 0.3) is 0 Å². The summed E-state index contributed by atoms with van der Waals surface area (Å²) in [5, 5.41) is 9.23. The summed E-state index contributed by atoms with van der Waals surface area (Å²) in [7, 11) is 1.98. The number of nitriles is 1. The van der Waals surface area contributed by atoms with E-state index in [9.17, 15) is 5.26 Å². The smallest absolute Gasteiger partial charge is 0.141 e. The lowest BCUT2D eigenvalue weighted by atomic mass is 10.0. The number of rotatable bonds is 1. The number of hydrogen-bond donors (Lipinski definition) is 1. The Morgan fingerprint density at radius 2 is 2.10 bits per heavy atom. The number of nitrogens with two attached hydrogens (primary N) is 1. The van der Waals surface area contributed by atoms with Crippen molar-refractivity contribution in [3.63, 3.8) is 0 Å². The molecule has 0 saturated carbocycles. The number of fused-ring (bicyclic) bond motifs is 1. The highest BCUT2D eigenvalue weighted by molar-refractivity contribution is 5.85. The third-order valence-corrected chi connectivity index (χ3v) is 3.51. The van der Waals surface area contributed by atoms with Crippen LogP contribution in [0.4, 0.5) is 5.82 Å². The Kier molecular flexibility index (Phi) is 2.65. The summed E-state index contributed by atoms with van der Waals surface area (Å²) in [5.41, 5.74) is 9.83. The molecule has 0 spiro atoms.